The lowest BCUT2D eigenvalue weighted by Gasteiger charge is -2.27. The molecule has 0 amide bonds. The zero-order chi connectivity index (χ0) is 15.2. The van der Waals surface area contributed by atoms with Crippen LogP contribution in [0.2, 0.25) is 5.02 Å². The highest BCUT2D eigenvalue weighted by Crippen LogP contribution is 2.19. The van der Waals surface area contributed by atoms with E-state index in [0.29, 0.717) is 6.54 Å². The summed E-state index contributed by atoms with van der Waals surface area (Å²) in [6, 6.07) is 17.1. The molecule has 0 aliphatic carbocycles. The van der Waals surface area contributed by atoms with Crippen molar-refractivity contribution in [2.45, 2.75) is 31.7 Å². The van der Waals surface area contributed by atoms with Gasteiger partial charge in [-0.05, 0) is 30.2 Å². The number of aliphatic hydroxyl groups excluding tert-OH is 1. The van der Waals surface area contributed by atoms with Gasteiger partial charge >= 0.3 is 0 Å². The van der Waals surface area contributed by atoms with Gasteiger partial charge in [-0.3, -0.25) is 0 Å². The van der Waals surface area contributed by atoms with E-state index in [2.05, 4.69) is 5.32 Å². The molecule has 0 saturated carbocycles. The van der Waals surface area contributed by atoms with Crippen molar-refractivity contribution in [3.05, 3.63) is 70.7 Å². The van der Waals surface area contributed by atoms with Gasteiger partial charge < -0.3 is 16.2 Å². The molecule has 0 fully saturated rings. The van der Waals surface area contributed by atoms with Crippen molar-refractivity contribution in [2.75, 3.05) is 0 Å². The van der Waals surface area contributed by atoms with E-state index in [1.54, 1.807) is 6.92 Å². The van der Waals surface area contributed by atoms with Crippen LogP contribution in [0.4, 0.5) is 0 Å². The Balaban J connectivity index is 2.11. The minimum Gasteiger partial charge on any atom is -0.392 e. The molecular weight excluding hydrogens is 284 g/mol. The predicted molar refractivity (Wildman–Crippen MR) is 87.1 cm³/mol. The Morgan fingerprint density at radius 2 is 1.71 bits per heavy atom. The number of rotatable bonds is 6. The van der Waals surface area contributed by atoms with E-state index >= 15 is 0 Å². The van der Waals surface area contributed by atoms with Gasteiger partial charge in [0.05, 0.1) is 12.1 Å². The molecule has 0 saturated heterocycles. The van der Waals surface area contributed by atoms with Gasteiger partial charge in [0.2, 0.25) is 0 Å². The van der Waals surface area contributed by atoms with Crippen LogP contribution >= 0.6 is 11.6 Å². The van der Waals surface area contributed by atoms with Crippen LogP contribution in [0.25, 0.3) is 0 Å². The highest BCUT2D eigenvalue weighted by Gasteiger charge is 2.23. The first kappa shape index (κ1) is 16.0. The SMILES string of the molecule is CC(O)C(N)C(NCc1ccc(Cl)cc1)c1ccccc1. The fourth-order valence-electron chi connectivity index (χ4n) is 2.25. The number of benzene rings is 2. The van der Waals surface area contributed by atoms with Crippen LogP contribution in [0.3, 0.4) is 0 Å². The first-order chi connectivity index (χ1) is 10.1. The average Bonchev–Trinajstić information content (AvgIpc) is 2.50. The smallest absolute Gasteiger partial charge is 0.0681 e. The largest absolute Gasteiger partial charge is 0.392 e. The van der Waals surface area contributed by atoms with Gasteiger partial charge in [-0.1, -0.05) is 54.1 Å². The molecule has 0 heterocycles. The van der Waals surface area contributed by atoms with Gasteiger partial charge in [0.25, 0.3) is 0 Å². The Morgan fingerprint density at radius 1 is 1.10 bits per heavy atom. The second-order valence-corrected chi connectivity index (χ2v) is 5.65. The van der Waals surface area contributed by atoms with Crippen molar-refractivity contribution in [1.29, 1.82) is 0 Å². The zero-order valence-electron chi connectivity index (χ0n) is 12.0. The van der Waals surface area contributed by atoms with Gasteiger partial charge in [0, 0.05) is 17.6 Å². The Kier molecular flexibility index (Phi) is 5.76. The Morgan fingerprint density at radius 3 is 2.29 bits per heavy atom. The molecule has 3 nitrogen and oxygen atoms in total. The van der Waals surface area contributed by atoms with E-state index < -0.39 is 6.10 Å². The zero-order valence-corrected chi connectivity index (χ0v) is 12.8. The van der Waals surface area contributed by atoms with E-state index in [4.69, 9.17) is 17.3 Å². The van der Waals surface area contributed by atoms with Crippen LogP contribution in [0.1, 0.15) is 24.1 Å². The summed E-state index contributed by atoms with van der Waals surface area (Å²) in [5.41, 5.74) is 8.34. The fraction of sp³-hybridized carbons (Fsp3) is 0.294. The minimum atomic E-state index is -0.590. The van der Waals surface area contributed by atoms with Crippen molar-refractivity contribution in [3.63, 3.8) is 0 Å². The molecule has 0 aromatic heterocycles. The molecule has 4 N–H and O–H groups in total. The van der Waals surface area contributed by atoms with Crippen LogP contribution in [-0.4, -0.2) is 17.3 Å². The average molecular weight is 305 g/mol. The molecule has 2 rings (SSSR count). The summed E-state index contributed by atoms with van der Waals surface area (Å²) < 4.78 is 0. The molecule has 0 spiro atoms. The maximum Gasteiger partial charge on any atom is 0.0681 e. The molecule has 4 heteroatoms. The fourth-order valence-corrected chi connectivity index (χ4v) is 2.37. The highest BCUT2D eigenvalue weighted by atomic mass is 35.5. The van der Waals surface area contributed by atoms with Crippen molar-refractivity contribution in [3.8, 4) is 0 Å². The summed E-state index contributed by atoms with van der Waals surface area (Å²) in [4.78, 5) is 0. The monoisotopic (exact) mass is 304 g/mol. The minimum absolute atomic E-state index is 0.109. The van der Waals surface area contributed by atoms with Gasteiger partial charge in [0.1, 0.15) is 0 Å². The third-order valence-electron chi connectivity index (χ3n) is 3.54. The van der Waals surface area contributed by atoms with E-state index in [1.165, 1.54) is 0 Å². The lowest BCUT2D eigenvalue weighted by Crippen LogP contribution is -2.44. The number of halogens is 1. The van der Waals surface area contributed by atoms with Crippen molar-refractivity contribution in [2.24, 2.45) is 5.73 Å². The Labute approximate surface area is 130 Å². The van der Waals surface area contributed by atoms with Crippen molar-refractivity contribution < 1.29 is 5.11 Å². The molecule has 0 aliphatic heterocycles. The second-order valence-electron chi connectivity index (χ2n) is 5.21. The number of nitrogens with one attached hydrogen (secondary N) is 1. The lowest BCUT2D eigenvalue weighted by molar-refractivity contribution is 0.142. The van der Waals surface area contributed by atoms with Crippen LogP contribution in [-0.2, 0) is 6.54 Å². The van der Waals surface area contributed by atoms with E-state index in [0.717, 1.165) is 16.1 Å². The van der Waals surface area contributed by atoms with Crippen LogP contribution in [0, 0.1) is 0 Å². The molecule has 3 unspecified atom stereocenters. The normalized spacial score (nSPS) is 15.4. The van der Waals surface area contributed by atoms with Gasteiger partial charge in [-0.15, -0.1) is 0 Å². The van der Waals surface area contributed by atoms with E-state index in [-0.39, 0.29) is 12.1 Å². The Hall–Kier alpha value is -1.39. The lowest BCUT2D eigenvalue weighted by atomic mass is 9.96. The summed E-state index contributed by atoms with van der Waals surface area (Å²) in [6.45, 7) is 2.38. The highest BCUT2D eigenvalue weighted by molar-refractivity contribution is 6.30. The first-order valence-corrected chi connectivity index (χ1v) is 7.42. The van der Waals surface area contributed by atoms with Gasteiger partial charge in [-0.25, -0.2) is 0 Å². The van der Waals surface area contributed by atoms with Crippen LogP contribution in [0.15, 0.2) is 54.6 Å². The quantitative estimate of drug-likeness (QED) is 0.769. The number of nitrogens with two attached hydrogens (primary N) is 1. The first-order valence-electron chi connectivity index (χ1n) is 7.04. The molecule has 2 aromatic carbocycles. The number of hydrogen-bond donors (Lipinski definition) is 3. The van der Waals surface area contributed by atoms with E-state index in [1.807, 2.05) is 54.6 Å². The van der Waals surface area contributed by atoms with Crippen molar-refractivity contribution in [1.82, 2.24) is 5.32 Å². The van der Waals surface area contributed by atoms with Gasteiger partial charge in [0.15, 0.2) is 0 Å². The molecule has 0 radical (unpaired) electrons. The summed E-state index contributed by atoms with van der Waals surface area (Å²) in [7, 11) is 0. The molecule has 3 atom stereocenters. The third-order valence-corrected chi connectivity index (χ3v) is 3.79. The van der Waals surface area contributed by atoms with Crippen LogP contribution < -0.4 is 11.1 Å². The molecule has 21 heavy (non-hydrogen) atoms. The van der Waals surface area contributed by atoms with Crippen molar-refractivity contribution >= 4 is 11.6 Å². The predicted octanol–water partition coefficient (Wildman–Crippen LogP) is 2.88. The maximum atomic E-state index is 9.80. The molecule has 112 valence electrons. The molecule has 2 aromatic rings. The summed E-state index contributed by atoms with van der Waals surface area (Å²) >= 11 is 5.89. The second kappa shape index (κ2) is 7.57. The molecular formula is C17H21ClN2O. The topological polar surface area (TPSA) is 58.3 Å². The Bertz CT molecular complexity index is 542. The van der Waals surface area contributed by atoms with E-state index in [9.17, 15) is 5.11 Å². The number of hydrogen-bond acceptors (Lipinski definition) is 3. The summed E-state index contributed by atoms with van der Waals surface area (Å²) in [6.07, 6.45) is -0.590. The molecule has 0 bridgehead atoms. The summed E-state index contributed by atoms with van der Waals surface area (Å²) in [5.74, 6) is 0. The standard InChI is InChI=1S/C17H21ClN2O/c1-12(21)16(19)17(14-5-3-2-4-6-14)20-11-13-7-9-15(18)10-8-13/h2-10,12,16-17,20-21H,11,19H2,1H3. The summed E-state index contributed by atoms with van der Waals surface area (Å²) in [5, 5.41) is 13.9. The molecule has 0 aliphatic rings. The van der Waals surface area contributed by atoms with Gasteiger partial charge in [-0.2, -0.15) is 0 Å². The third kappa shape index (κ3) is 4.55. The van der Waals surface area contributed by atoms with Crippen LogP contribution in [0.5, 0.6) is 0 Å². The maximum absolute atomic E-state index is 9.80. The number of aliphatic hydroxyl groups is 1.